The van der Waals surface area contributed by atoms with E-state index in [0.29, 0.717) is 0 Å². The number of aliphatic hydroxyl groups is 1. The number of halogens is 2. The van der Waals surface area contributed by atoms with Gasteiger partial charge in [0.2, 0.25) is 0 Å². The Morgan fingerprint density at radius 3 is 2.62 bits per heavy atom. The zero-order valence-electron chi connectivity index (χ0n) is 6.54. The molecule has 13 heavy (non-hydrogen) atoms. The topological polar surface area (TPSA) is 79.4 Å². The molecule has 0 unspecified atom stereocenters. The minimum Gasteiger partial charge on any atom is -0.506 e. The van der Waals surface area contributed by atoms with E-state index < -0.39 is 18.7 Å². The van der Waals surface area contributed by atoms with Crippen LogP contribution in [0.4, 0.5) is 14.5 Å². The molecular weight excluding hydrogens is 182 g/mol. The van der Waals surface area contributed by atoms with Crippen LogP contribution in [0.2, 0.25) is 0 Å². The molecule has 0 bridgehead atoms. The highest BCUT2D eigenvalue weighted by Gasteiger charge is 2.16. The number of aliphatic hydroxyl groups excluding tert-OH is 1. The summed E-state index contributed by atoms with van der Waals surface area (Å²) < 4.78 is 24.3. The maximum Gasteiger partial charge on any atom is 0.282 e. The summed E-state index contributed by atoms with van der Waals surface area (Å²) >= 11 is 0. The van der Waals surface area contributed by atoms with Crippen molar-refractivity contribution in [2.45, 2.75) is 13.0 Å². The molecule has 0 fully saturated rings. The number of hydrogen-bond donors (Lipinski definition) is 3. The van der Waals surface area contributed by atoms with Crippen molar-refractivity contribution >= 4 is 5.69 Å². The first-order chi connectivity index (χ1) is 6.06. The summed E-state index contributed by atoms with van der Waals surface area (Å²) in [6.45, 7) is -0.605. The molecular formula is C7H8F2N2O2. The van der Waals surface area contributed by atoms with Crippen molar-refractivity contribution in [3.05, 3.63) is 17.5 Å². The average Bonchev–Trinajstić information content (AvgIpc) is 2.03. The van der Waals surface area contributed by atoms with Crippen molar-refractivity contribution < 1.29 is 19.0 Å². The largest absolute Gasteiger partial charge is 0.506 e. The van der Waals surface area contributed by atoms with Crippen LogP contribution < -0.4 is 5.73 Å². The van der Waals surface area contributed by atoms with E-state index in [4.69, 9.17) is 15.9 Å². The number of nitrogens with two attached hydrogens (primary N) is 1. The van der Waals surface area contributed by atoms with E-state index >= 15 is 0 Å². The van der Waals surface area contributed by atoms with Gasteiger partial charge in [0, 0.05) is 6.07 Å². The van der Waals surface area contributed by atoms with Gasteiger partial charge in [0.25, 0.3) is 6.43 Å². The second kappa shape index (κ2) is 3.53. The van der Waals surface area contributed by atoms with E-state index in [1.807, 2.05) is 0 Å². The highest BCUT2D eigenvalue weighted by atomic mass is 19.3. The quantitative estimate of drug-likeness (QED) is 0.644. The number of anilines is 1. The number of pyridine rings is 1. The van der Waals surface area contributed by atoms with E-state index in [9.17, 15) is 8.78 Å². The first-order valence-corrected chi connectivity index (χ1v) is 3.43. The standard InChI is InChI=1S/C7H8F2N2O2/c8-7(9)6-3(10)1-5(13)4(2-12)11-6/h1,7,12-13H,2,10H2. The van der Waals surface area contributed by atoms with E-state index in [0.717, 1.165) is 6.07 Å². The Morgan fingerprint density at radius 1 is 1.54 bits per heavy atom. The second-order valence-electron chi connectivity index (χ2n) is 2.39. The summed E-state index contributed by atoms with van der Waals surface area (Å²) in [5, 5.41) is 17.7. The molecule has 0 aliphatic carbocycles. The molecule has 0 saturated carbocycles. The highest BCUT2D eigenvalue weighted by molar-refractivity contribution is 5.49. The molecule has 6 heteroatoms. The normalized spacial score (nSPS) is 10.8. The molecule has 0 saturated heterocycles. The minimum absolute atomic E-state index is 0.204. The Hall–Kier alpha value is -1.43. The number of aromatic nitrogens is 1. The third-order valence-corrected chi connectivity index (χ3v) is 1.50. The Morgan fingerprint density at radius 2 is 2.15 bits per heavy atom. The second-order valence-corrected chi connectivity index (χ2v) is 2.39. The van der Waals surface area contributed by atoms with Crippen LogP contribution in [0.15, 0.2) is 6.07 Å². The minimum atomic E-state index is -2.81. The van der Waals surface area contributed by atoms with E-state index in [2.05, 4.69) is 4.98 Å². The summed E-state index contributed by atoms with van der Waals surface area (Å²) in [6, 6.07) is 0.944. The van der Waals surface area contributed by atoms with Gasteiger partial charge < -0.3 is 15.9 Å². The molecule has 0 aliphatic rings. The molecule has 1 aromatic rings. The number of rotatable bonds is 2. The monoisotopic (exact) mass is 190 g/mol. The first-order valence-electron chi connectivity index (χ1n) is 3.43. The molecule has 0 atom stereocenters. The van der Waals surface area contributed by atoms with Crippen molar-refractivity contribution in [3.63, 3.8) is 0 Å². The van der Waals surface area contributed by atoms with Gasteiger partial charge in [-0.2, -0.15) is 0 Å². The fraction of sp³-hybridized carbons (Fsp3) is 0.286. The third-order valence-electron chi connectivity index (χ3n) is 1.50. The van der Waals surface area contributed by atoms with Gasteiger partial charge in [-0.3, -0.25) is 0 Å². The number of hydrogen-bond acceptors (Lipinski definition) is 4. The van der Waals surface area contributed by atoms with Gasteiger partial charge >= 0.3 is 0 Å². The van der Waals surface area contributed by atoms with Crippen LogP contribution in [-0.4, -0.2) is 15.2 Å². The Bertz CT molecular complexity index is 318. The molecule has 1 heterocycles. The molecule has 72 valence electrons. The average molecular weight is 190 g/mol. The van der Waals surface area contributed by atoms with E-state index in [-0.39, 0.29) is 17.1 Å². The molecule has 4 N–H and O–H groups in total. The third kappa shape index (κ3) is 1.83. The first kappa shape index (κ1) is 9.66. The van der Waals surface area contributed by atoms with Crippen molar-refractivity contribution in [2.75, 3.05) is 5.73 Å². The van der Waals surface area contributed by atoms with Crippen molar-refractivity contribution in [3.8, 4) is 5.75 Å². The number of alkyl halides is 2. The van der Waals surface area contributed by atoms with Crippen molar-refractivity contribution in [1.29, 1.82) is 0 Å². The number of aromatic hydroxyl groups is 1. The van der Waals surface area contributed by atoms with Crippen LogP contribution in [-0.2, 0) is 6.61 Å². The van der Waals surface area contributed by atoms with Gasteiger partial charge in [-0.05, 0) is 0 Å². The smallest absolute Gasteiger partial charge is 0.282 e. The summed E-state index contributed by atoms with van der Waals surface area (Å²) in [5.74, 6) is -0.385. The lowest BCUT2D eigenvalue weighted by Crippen LogP contribution is -2.02. The summed E-state index contributed by atoms with van der Waals surface area (Å²) in [4.78, 5) is 3.31. The highest BCUT2D eigenvalue weighted by Crippen LogP contribution is 2.27. The lowest BCUT2D eigenvalue weighted by molar-refractivity contribution is 0.146. The number of nitrogen functional groups attached to an aromatic ring is 1. The SMILES string of the molecule is Nc1cc(O)c(CO)nc1C(F)F. The van der Waals surface area contributed by atoms with Crippen LogP contribution >= 0.6 is 0 Å². The van der Waals surface area contributed by atoms with Gasteiger partial charge in [0.15, 0.2) is 0 Å². The molecule has 0 spiro atoms. The molecule has 4 nitrogen and oxygen atoms in total. The maximum atomic E-state index is 12.2. The maximum absolute atomic E-state index is 12.2. The molecule has 0 aromatic carbocycles. The Balaban J connectivity index is 3.22. The Kier molecular flexibility index (Phi) is 2.62. The molecule has 0 radical (unpaired) electrons. The molecule has 0 amide bonds. The summed E-state index contributed by atoms with van der Waals surface area (Å²) in [7, 11) is 0. The molecule has 0 aliphatic heterocycles. The van der Waals surface area contributed by atoms with Gasteiger partial charge in [-0.15, -0.1) is 0 Å². The van der Waals surface area contributed by atoms with Gasteiger partial charge in [0.05, 0.1) is 12.3 Å². The van der Waals surface area contributed by atoms with Gasteiger partial charge in [-0.25, -0.2) is 13.8 Å². The molecule has 1 rings (SSSR count). The van der Waals surface area contributed by atoms with Crippen LogP contribution in [0.1, 0.15) is 17.8 Å². The zero-order chi connectivity index (χ0) is 10.0. The van der Waals surface area contributed by atoms with Crippen molar-refractivity contribution in [1.82, 2.24) is 4.98 Å². The van der Waals surface area contributed by atoms with E-state index in [1.165, 1.54) is 0 Å². The fourth-order valence-corrected chi connectivity index (χ4v) is 0.863. The lowest BCUT2D eigenvalue weighted by Gasteiger charge is -2.06. The molecule has 1 aromatic heterocycles. The predicted octanol–water partition coefficient (Wildman–Crippen LogP) is 0.799. The number of nitrogens with zero attached hydrogens (tertiary/aromatic N) is 1. The van der Waals surface area contributed by atoms with Crippen LogP contribution in [0.25, 0.3) is 0 Å². The van der Waals surface area contributed by atoms with Crippen LogP contribution in [0.3, 0.4) is 0 Å². The van der Waals surface area contributed by atoms with Gasteiger partial charge in [-0.1, -0.05) is 0 Å². The zero-order valence-corrected chi connectivity index (χ0v) is 6.54. The van der Waals surface area contributed by atoms with Crippen LogP contribution in [0, 0.1) is 0 Å². The predicted molar refractivity (Wildman–Crippen MR) is 41.2 cm³/mol. The van der Waals surface area contributed by atoms with E-state index in [1.54, 1.807) is 0 Å². The Labute approximate surface area is 72.6 Å². The fourth-order valence-electron chi connectivity index (χ4n) is 0.863. The summed E-state index contributed by atoms with van der Waals surface area (Å²) in [5.41, 5.74) is 4.05. The van der Waals surface area contributed by atoms with Crippen LogP contribution in [0.5, 0.6) is 5.75 Å². The summed E-state index contributed by atoms with van der Waals surface area (Å²) in [6.07, 6.45) is -2.81. The lowest BCUT2D eigenvalue weighted by atomic mass is 10.2. The van der Waals surface area contributed by atoms with Gasteiger partial charge in [0.1, 0.15) is 17.1 Å². The van der Waals surface area contributed by atoms with Crippen molar-refractivity contribution in [2.24, 2.45) is 0 Å².